The van der Waals surface area contributed by atoms with Gasteiger partial charge in [-0.2, -0.15) is 0 Å². The van der Waals surface area contributed by atoms with E-state index in [1.54, 1.807) is 0 Å². The maximum Gasteiger partial charge on any atom is 1.00 e. The average molecular weight is 270 g/mol. The number of hydrogen-bond donors (Lipinski definition) is 4. The Morgan fingerprint density at radius 2 is 1.12 bits per heavy atom. The molecule has 17 heavy (non-hydrogen) atoms. The van der Waals surface area contributed by atoms with Crippen molar-refractivity contribution in [3.63, 3.8) is 0 Å². The van der Waals surface area contributed by atoms with E-state index < -0.39 is 36.4 Å². The van der Waals surface area contributed by atoms with E-state index in [4.69, 9.17) is 20.4 Å². The number of carbonyl (C=O) groups is 3. The van der Waals surface area contributed by atoms with Crippen LogP contribution in [0.2, 0.25) is 0 Å². The van der Waals surface area contributed by atoms with Crippen molar-refractivity contribution < 1.29 is 82.2 Å². The van der Waals surface area contributed by atoms with Crippen molar-refractivity contribution in [3.8, 4) is 0 Å². The van der Waals surface area contributed by atoms with Crippen molar-refractivity contribution in [2.24, 2.45) is 0 Å². The zero-order valence-electron chi connectivity index (χ0n) is 9.93. The second kappa shape index (κ2) is 11.7. The van der Waals surface area contributed by atoms with Crippen LogP contribution in [0.1, 0.15) is 14.3 Å². The van der Waals surface area contributed by atoms with Crippen LogP contribution in [-0.2, 0) is 14.4 Å². The minimum atomic E-state index is -2.74. The molecule has 0 aliphatic carbocycles. The third-order valence-electron chi connectivity index (χ3n) is 1.29. The van der Waals surface area contributed by atoms with Gasteiger partial charge in [0, 0.05) is 0 Å². The Labute approximate surface area is 119 Å². The summed E-state index contributed by atoms with van der Waals surface area (Å²) >= 11 is 0. The molecule has 10 nitrogen and oxygen atoms in total. The van der Waals surface area contributed by atoms with Crippen LogP contribution in [-0.4, -0.2) is 60.4 Å². The zero-order valence-corrected chi connectivity index (χ0v) is 10.9. The predicted molar refractivity (Wildman–Crippen MR) is 49.0 cm³/mol. The Morgan fingerprint density at radius 3 is 1.24 bits per heavy atom. The molecule has 0 bridgehead atoms. The maximum atomic E-state index is 10.3. The van der Waals surface area contributed by atoms with E-state index in [2.05, 4.69) is 0 Å². The first kappa shape index (κ1) is 29.9. The Bertz CT molecular complexity index is 241. The van der Waals surface area contributed by atoms with E-state index in [9.17, 15) is 14.4 Å². The Morgan fingerprint density at radius 1 is 0.882 bits per heavy atom. The smallest absolute Gasteiger partial charge is 1.00 e. The van der Waals surface area contributed by atoms with E-state index in [-0.39, 0.29) is 47.4 Å². The van der Waals surface area contributed by atoms with Crippen molar-refractivity contribution in [2.45, 2.75) is 18.4 Å². The molecule has 0 amide bonds. The number of carboxylic acid groups (broad SMARTS) is 3. The average Bonchev–Trinajstić information content (AvgIpc) is 1.82. The van der Waals surface area contributed by atoms with Crippen LogP contribution >= 0.6 is 0 Å². The molecule has 0 fully saturated rings. The van der Waals surface area contributed by atoms with Gasteiger partial charge in [0.1, 0.15) is 0 Å². The summed E-state index contributed by atoms with van der Waals surface area (Å²) in [4.78, 5) is 30.5. The summed E-state index contributed by atoms with van der Waals surface area (Å²) in [6.45, 7) is 0. The van der Waals surface area contributed by atoms with Gasteiger partial charge in [0.05, 0.1) is 12.8 Å². The normalized spacial score (nSPS) is 8.29. The van der Waals surface area contributed by atoms with Gasteiger partial charge in [-0.3, -0.25) is 9.59 Å². The van der Waals surface area contributed by atoms with Gasteiger partial charge in [0.15, 0.2) is 5.60 Å². The van der Waals surface area contributed by atoms with Crippen molar-refractivity contribution in [1.82, 2.24) is 0 Å². The number of aliphatic carboxylic acids is 3. The van der Waals surface area contributed by atoms with Crippen LogP contribution in [0.4, 0.5) is 0 Å². The molecule has 0 aliphatic heterocycles. The van der Waals surface area contributed by atoms with E-state index in [0.717, 1.165) is 0 Å². The van der Waals surface area contributed by atoms with Crippen LogP contribution in [0.25, 0.3) is 0 Å². The molecule has 0 rings (SSSR count). The molecule has 0 radical (unpaired) electrons. The van der Waals surface area contributed by atoms with Gasteiger partial charge in [-0.05, 0) is 0 Å². The van der Waals surface area contributed by atoms with Gasteiger partial charge in [-0.15, -0.1) is 0 Å². The van der Waals surface area contributed by atoms with Gasteiger partial charge in [-0.25, -0.2) is 4.79 Å². The zero-order chi connectivity index (χ0) is 10.6. The monoisotopic (exact) mass is 270 g/mol. The van der Waals surface area contributed by atoms with Crippen molar-refractivity contribution >= 4 is 17.9 Å². The van der Waals surface area contributed by atoms with Gasteiger partial charge >= 0.3 is 47.5 Å². The third kappa shape index (κ3) is 11.5. The summed E-state index contributed by atoms with van der Waals surface area (Å²) in [6, 6.07) is 0. The van der Waals surface area contributed by atoms with Crippen LogP contribution in [0.15, 0.2) is 0 Å². The summed E-state index contributed by atoms with van der Waals surface area (Å²) in [5.41, 5.74) is -2.74. The Kier molecular flexibility index (Phi) is 20.6. The van der Waals surface area contributed by atoms with E-state index in [1.165, 1.54) is 0 Å². The summed E-state index contributed by atoms with van der Waals surface area (Å²) in [7, 11) is 0. The summed E-state index contributed by atoms with van der Waals surface area (Å²) in [6.07, 6.45) is -2.29. The second-order valence-corrected chi connectivity index (χ2v) is 2.48. The Hall–Kier alpha value is -0.750. The molecule has 0 aromatic carbocycles. The summed E-state index contributed by atoms with van der Waals surface area (Å²) < 4.78 is 0. The quantitative estimate of drug-likeness (QED) is 0.352. The Balaban J connectivity index is -0.0000000720. The number of aliphatic hydroxyl groups is 1. The fraction of sp³-hybridized carbons (Fsp3) is 0.500. The topological polar surface area (TPSA) is 227 Å². The molecule has 0 aliphatic rings. The summed E-state index contributed by atoms with van der Waals surface area (Å²) in [5.74, 6) is -5.02. The predicted octanol–water partition coefficient (Wildman–Crippen LogP) is -6.61. The van der Waals surface area contributed by atoms with Gasteiger partial charge in [0.2, 0.25) is 0 Å². The third-order valence-corrected chi connectivity index (χ3v) is 1.29. The largest absolute Gasteiger partial charge is 1.00 e. The van der Waals surface area contributed by atoms with Crippen molar-refractivity contribution in [3.05, 3.63) is 0 Å². The van der Waals surface area contributed by atoms with Gasteiger partial charge in [0.25, 0.3) is 0 Å². The molecule has 11 heteroatoms. The number of rotatable bonds is 5. The van der Waals surface area contributed by atoms with E-state index >= 15 is 0 Å². The van der Waals surface area contributed by atoms with Crippen LogP contribution in [0.3, 0.4) is 0 Å². The minimum absolute atomic E-state index is 0. The van der Waals surface area contributed by atoms with Crippen molar-refractivity contribution in [2.75, 3.05) is 0 Å². The first-order valence-electron chi connectivity index (χ1n) is 3.17. The molecule has 0 saturated heterocycles. The fourth-order valence-corrected chi connectivity index (χ4v) is 0.714. The molecule has 0 aromatic heterocycles. The fourth-order valence-electron chi connectivity index (χ4n) is 0.714. The molecular weight excluding hydrogens is 255 g/mol. The molecule has 0 heterocycles. The van der Waals surface area contributed by atoms with Gasteiger partial charge in [-0.1, -0.05) is 0 Å². The van der Waals surface area contributed by atoms with Crippen LogP contribution in [0.5, 0.6) is 0 Å². The first-order chi connectivity index (χ1) is 5.78. The van der Waals surface area contributed by atoms with Crippen LogP contribution in [0, 0.1) is 0 Å². The molecule has 0 aromatic rings. The SMILES string of the molecule is O.O.O.O=C(O)CC(O)(CC(=O)O)C(=O)O.[H-].[Na+]. The first-order valence-corrected chi connectivity index (χ1v) is 3.17. The molecular formula is C6H15NaO10. The van der Waals surface area contributed by atoms with Crippen molar-refractivity contribution in [1.29, 1.82) is 0 Å². The molecule has 0 saturated carbocycles. The second-order valence-electron chi connectivity index (χ2n) is 2.48. The van der Waals surface area contributed by atoms with E-state index in [0.29, 0.717) is 0 Å². The number of carboxylic acids is 3. The van der Waals surface area contributed by atoms with Crippen LogP contribution < -0.4 is 29.6 Å². The molecule has 0 spiro atoms. The minimum Gasteiger partial charge on any atom is -1.00 e. The molecule has 10 N–H and O–H groups in total. The van der Waals surface area contributed by atoms with E-state index in [1.807, 2.05) is 0 Å². The summed E-state index contributed by atoms with van der Waals surface area (Å²) in [5, 5.41) is 33.8. The standard InChI is InChI=1S/C6H8O7.Na.3H2O.H/c7-3(8)1-6(13,5(11)12)2-4(9)10;;;;;/h13H,1-2H2,(H,7,8)(H,9,10)(H,11,12);;3*1H2;/q;+1;;;;-1. The maximum absolute atomic E-state index is 10.3. The number of hydrogen-bond acceptors (Lipinski definition) is 4. The molecule has 0 unspecified atom stereocenters. The molecule has 100 valence electrons. The van der Waals surface area contributed by atoms with Gasteiger partial charge < -0.3 is 38.3 Å². The molecule has 0 atom stereocenters.